The molecular weight excluding hydrogens is 214 g/mol. The zero-order valence-corrected chi connectivity index (χ0v) is 10.2. The lowest BCUT2D eigenvalue weighted by Gasteiger charge is -2.30. The Morgan fingerprint density at radius 3 is 2.88 bits per heavy atom. The van der Waals surface area contributed by atoms with E-state index in [-0.39, 0.29) is 12.6 Å². The molecule has 1 saturated heterocycles. The molecular formula is C13H21N3O. The van der Waals surface area contributed by atoms with Gasteiger partial charge < -0.3 is 15.7 Å². The van der Waals surface area contributed by atoms with Crippen molar-refractivity contribution in [2.24, 2.45) is 5.73 Å². The first-order chi connectivity index (χ1) is 8.35. The van der Waals surface area contributed by atoms with Gasteiger partial charge in [0.15, 0.2) is 0 Å². The smallest absolute Gasteiger partial charge is 0.0635 e. The Morgan fingerprint density at radius 1 is 1.35 bits per heavy atom. The van der Waals surface area contributed by atoms with Gasteiger partial charge in [0.25, 0.3) is 0 Å². The topological polar surface area (TPSA) is 62.4 Å². The molecule has 0 amide bonds. The number of anilines is 1. The third kappa shape index (κ3) is 2.96. The monoisotopic (exact) mass is 235 g/mol. The minimum Gasteiger partial charge on any atom is -0.394 e. The van der Waals surface area contributed by atoms with Gasteiger partial charge in [-0.15, -0.1) is 0 Å². The Balaban J connectivity index is 2.16. The molecule has 0 aliphatic carbocycles. The third-order valence-corrected chi connectivity index (χ3v) is 3.44. The number of pyridine rings is 1. The average Bonchev–Trinajstić information content (AvgIpc) is 2.64. The first-order valence-corrected chi connectivity index (χ1v) is 6.37. The van der Waals surface area contributed by atoms with Crippen LogP contribution in [-0.2, 0) is 6.54 Å². The number of nitrogens with two attached hydrogens (primary N) is 1. The van der Waals surface area contributed by atoms with Crippen LogP contribution in [-0.4, -0.2) is 29.3 Å². The first-order valence-electron chi connectivity index (χ1n) is 6.37. The maximum atomic E-state index is 9.47. The summed E-state index contributed by atoms with van der Waals surface area (Å²) in [5.41, 5.74) is 7.55. The van der Waals surface area contributed by atoms with Crippen molar-refractivity contribution in [1.82, 2.24) is 4.98 Å². The Hall–Kier alpha value is -1.13. The standard InChI is InChI=1S/C13H21N3O/c14-8-11-5-6-12(9-15-11)16-7-3-1-2-4-13(16)10-17/h5-6,9,13,17H,1-4,7-8,10,14H2. The molecule has 0 spiro atoms. The van der Waals surface area contributed by atoms with Crippen molar-refractivity contribution in [3.05, 3.63) is 24.0 Å². The fourth-order valence-corrected chi connectivity index (χ4v) is 2.41. The number of aromatic nitrogens is 1. The van der Waals surface area contributed by atoms with Crippen LogP contribution >= 0.6 is 0 Å². The van der Waals surface area contributed by atoms with E-state index in [0.29, 0.717) is 6.54 Å². The summed E-state index contributed by atoms with van der Waals surface area (Å²) in [4.78, 5) is 6.60. The van der Waals surface area contributed by atoms with Crippen molar-refractivity contribution < 1.29 is 5.11 Å². The molecule has 2 rings (SSSR count). The molecule has 94 valence electrons. The average molecular weight is 235 g/mol. The number of aliphatic hydroxyl groups is 1. The molecule has 3 N–H and O–H groups in total. The summed E-state index contributed by atoms with van der Waals surface area (Å²) in [7, 11) is 0. The van der Waals surface area contributed by atoms with E-state index in [1.165, 1.54) is 19.3 Å². The molecule has 1 aliphatic rings. The van der Waals surface area contributed by atoms with Crippen LogP contribution in [0.2, 0.25) is 0 Å². The van der Waals surface area contributed by atoms with Crippen LogP contribution in [0, 0.1) is 0 Å². The summed E-state index contributed by atoms with van der Waals surface area (Å²) in [5.74, 6) is 0. The van der Waals surface area contributed by atoms with E-state index in [4.69, 9.17) is 5.73 Å². The van der Waals surface area contributed by atoms with E-state index in [1.54, 1.807) is 0 Å². The highest BCUT2D eigenvalue weighted by atomic mass is 16.3. The summed E-state index contributed by atoms with van der Waals surface area (Å²) in [6.07, 6.45) is 6.58. The van der Waals surface area contributed by atoms with Gasteiger partial charge in [-0.3, -0.25) is 4.98 Å². The molecule has 4 heteroatoms. The minimum atomic E-state index is 0.221. The first kappa shape index (κ1) is 12.3. The fraction of sp³-hybridized carbons (Fsp3) is 0.615. The van der Waals surface area contributed by atoms with Gasteiger partial charge in [-0.2, -0.15) is 0 Å². The molecule has 1 fully saturated rings. The SMILES string of the molecule is NCc1ccc(N2CCCCCC2CO)cn1. The second-order valence-corrected chi connectivity index (χ2v) is 4.59. The molecule has 4 nitrogen and oxygen atoms in total. The fourth-order valence-electron chi connectivity index (χ4n) is 2.41. The molecule has 1 atom stereocenters. The molecule has 17 heavy (non-hydrogen) atoms. The molecule has 0 saturated carbocycles. The number of hydrogen-bond donors (Lipinski definition) is 2. The Bertz CT molecular complexity index is 339. The number of rotatable bonds is 3. The van der Waals surface area contributed by atoms with Gasteiger partial charge in [-0.1, -0.05) is 12.8 Å². The summed E-state index contributed by atoms with van der Waals surface area (Å²) < 4.78 is 0. The molecule has 2 heterocycles. The predicted molar refractivity (Wildman–Crippen MR) is 68.8 cm³/mol. The van der Waals surface area contributed by atoms with Gasteiger partial charge >= 0.3 is 0 Å². The zero-order chi connectivity index (χ0) is 12.1. The second kappa shape index (κ2) is 5.98. The summed E-state index contributed by atoms with van der Waals surface area (Å²) >= 11 is 0. The van der Waals surface area contributed by atoms with Crippen molar-refractivity contribution in [2.45, 2.75) is 38.3 Å². The lowest BCUT2D eigenvalue weighted by molar-refractivity contribution is 0.255. The Morgan fingerprint density at radius 2 is 2.24 bits per heavy atom. The highest BCUT2D eigenvalue weighted by Crippen LogP contribution is 2.23. The van der Waals surface area contributed by atoms with E-state index in [9.17, 15) is 5.11 Å². The minimum absolute atomic E-state index is 0.221. The molecule has 1 aromatic rings. The summed E-state index contributed by atoms with van der Waals surface area (Å²) in [6, 6.07) is 4.26. The highest BCUT2D eigenvalue weighted by Gasteiger charge is 2.20. The van der Waals surface area contributed by atoms with Crippen LogP contribution in [0.3, 0.4) is 0 Å². The number of hydrogen-bond acceptors (Lipinski definition) is 4. The Kier molecular flexibility index (Phi) is 4.34. The van der Waals surface area contributed by atoms with Gasteiger partial charge in [-0.05, 0) is 25.0 Å². The van der Waals surface area contributed by atoms with E-state index < -0.39 is 0 Å². The van der Waals surface area contributed by atoms with Gasteiger partial charge in [0.2, 0.25) is 0 Å². The Labute approximate surface area is 102 Å². The molecule has 0 radical (unpaired) electrons. The van der Waals surface area contributed by atoms with Gasteiger partial charge in [0.1, 0.15) is 0 Å². The van der Waals surface area contributed by atoms with Crippen LogP contribution in [0.5, 0.6) is 0 Å². The van der Waals surface area contributed by atoms with Crippen molar-refractivity contribution in [2.75, 3.05) is 18.1 Å². The van der Waals surface area contributed by atoms with Crippen LogP contribution in [0.4, 0.5) is 5.69 Å². The predicted octanol–water partition coefficient (Wildman–Crippen LogP) is 1.28. The lowest BCUT2D eigenvalue weighted by Crippen LogP contribution is -2.37. The van der Waals surface area contributed by atoms with Crippen LogP contribution in [0.15, 0.2) is 18.3 Å². The van der Waals surface area contributed by atoms with E-state index in [0.717, 1.165) is 24.3 Å². The number of nitrogens with zero attached hydrogens (tertiary/aromatic N) is 2. The molecule has 1 unspecified atom stereocenters. The van der Waals surface area contributed by atoms with E-state index in [2.05, 4.69) is 16.0 Å². The molecule has 0 bridgehead atoms. The third-order valence-electron chi connectivity index (χ3n) is 3.44. The van der Waals surface area contributed by atoms with Gasteiger partial charge in [-0.25, -0.2) is 0 Å². The highest BCUT2D eigenvalue weighted by molar-refractivity contribution is 5.46. The van der Waals surface area contributed by atoms with Gasteiger partial charge in [0.05, 0.1) is 30.2 Å². The zero-order valence-electron chi connectivity index (χ0n) is 10.2. The van der Waals surface area contributed by atoms with Crippen LogP contribution < -0.4 is 10.6 Å². The maximum absolute atomic E-state index is 9.47. The van der Waals surface area contributed by atoms with E-state index >= 15 is 0 Å². The summed E-state index contributed by atoms with van der Waals surface area (Å²) in [6.45, 7) is 1.71. The lowest BCUT2D eigenvalue weighted by atomic mass is 10.1. The van der Waals surface area contributed by atoms with Crippen LogP contribution in [0.1, 0.15) is 31.4 Å². The molecule has 0 aromatic carbocycles. The summed E-state index contributed by atoms with van der Waals surface area (Å²) in [5, 5.41) is 9.47. The van der Waals surface area contributed by atoms with Crippen molar-refractivity contribution in [3.63, 3.8) is 0 Å². The molecule has 1 aliphatic heterocycles. The largest absolute Gasteiger partial charge is 0.394 e. The van der Waals surface area contributed by atoms with Crippen LogP contribution in [0.25, 0.3) is 0 Å². The second-order valence-electron chi connectivity index (χ2n) is 4.59. The van der Waals surface area contributed by atoms with E-state index in [1.807, 2.05) is 12.3 Å². The number of aliphatic hydroxyl groups excluding tert-OH is 1. The van der Waals surface area contributed by atoms with Crippen molar-refractivity contribution >= 4 is 5.69 Å². The van der Waals surface area contributed by atoms with Gasteiger partial charge in [0, 0.05) is 13.1 Å². The maximum Gasteiger partial charge on any atom is 0.0635 e. The quantitative estimate of drug-likeness (QED) is 0.828. The van der Waals surface area contributed by atoms with Crippen molar-refractivity contribution in [3.8, 4) is 0 Å². The van der Waals surface area contributed by atoms with Crippen molar-refractivity contribution in [1.29, 1.82) is 0 Å². The molecule has 1 aromatic heterocycles. The normalized spacial score (nSPS) is 21.3.